The molecule has 0 saturated carbocycles. The predicted octanol–water partition coefficient (Wildman–Crippen LogP) is 3.13. The van der Waals surface area contributed by atoms with E-state index in [0.717, 1.165) is 54.4 Å². The Hall–Kier alpha value is -1.18. The van der Waals surface area contributed by atoms with Crippen molar-refractivity contribution in [3.63, 3.8) is 0 Å². The molecule has 2 aliphatic rings. The molecule has 134 valence electrons. The number of carbonyl (C=O) groups is 1. The Balaban J connectivity index is 1.47. The molecule has 5 nitrogen and oxygen atoms in total. The van der Waals surface area contributed by atoms with Crippen molar-refractivity contribution in [1.29, 1.82) is 0 Å². The van der Waals surface area contributed by atoms with Crippen LogP contribution in [0.1, 0.15) is 42.5 Å². The number of aromatic nitrogens is 2. The van der Waals surface area contributed by atoms with Crippen molar-refractivity contribution in [2.24, 2.45) is 0 Å². The number of aryl methyl sites for hydroxylation is 3. The van der Waals surface area contributed by atoms with Gasteiger partial charge in [-0.1, -0.05) is 18.7 Å². The smallest absolute Gasteiger partial charge is 0.230 e. The number of thioether (sulfide) groups is 1. The molecule has 3 heterocycles. The first-order valence-corrected chi connectivity index (χ1v) is 10.9. The molecular formula is C18H23N3O2S2. The van der Waals surface area contributed by atoms with Crippen LogP contribution in [0.3, 0.4) is 0 Å². The lowest BCUT2D eigenvalue weighted by Gasteiger charge is -2.11. The van der Waals surface area contributed by atoms with Gasteiger partial charge in [-0.3, -0.25) is 4.79 Å². The molecule has 1 atom stereocenters. The normalized spacial score (nSPS) is 19.5. The van der Waals surface area contributed by atoms with Crippen LogP contribution < -0.4 is 5.32 Å². The largest absolute Gasteiger partial charge is 0.376 e. The zero-order chi connectivity index (χ0) is 17.2. The van der Waals surface area contributed by atoms with Crippen molar-refractivity contribution in [2.75, 3.05) is 18.9 Å². The van der Waals surface area contributed by atoms with Crippen molar-refractivity contribution >= 4 is 39.2 Å². The lowest BCUT2D eigenvalue weighted by Crippen LogP contribution is -2.32. The number of hydrogen-bond donors (Lipinski definition) is 1. The number of hydrogen-bond acceptors (Lipinski definition) is 6. The molecule has 0 spiro atoms. The van der Waals surface area contributed by atoms with E-state index >= 15 is 0 Å². The van der Waals surface area contributed by atoms with E-state index in [2.05, 4.69) is 12.2 Å². The Morgan fingerprint density at radius 1 is 1.36 bits per heavy atom. The average molecular weight is 378 g/mol. The molecule has 7 heteroatoms. The summed E-state index contributed by atoms with van der Waals surface area (Å²) in [4.78, 5) is 24.2. The second kappa shape index (κ2) is 7.60. The predicted molar refractivity (Wildman–Crippen MR) is 102 cm³/mol. The van der Waals surface area contributed by atoms with Crippen LogP contribution in [0.2, 0.25) is 0 Å². The minimum Gasteiger partial charge on any atom is -0.376 e. The second-order valence-corrected chi connectivity index (χ2v) is 8.61. The summed E-state index contributed by atoms with van der Waals surface area (Å²) < 4.78 is 5.55. The van der Waals surface area contributed by atoms with Gasteiger partial charge in [-0.25, -0.2) is 9.97 Å². The molecule has 1 aliphatic heterocycles. The molecule has 25 heavy (non-hydrogen) atoms. The van der Waals surface area contributed by atoms with E-state index in [0.29, 0.717) is 12.3 Å². The van der Waals surface area contributed by atoms with Gasteiger partial charge in [0.25, 0.3) is 0 Å². The molecule has 2 aromatic rings. The summed E-state index contributed by atoms with van der Waals surface area (Å²) in [7, 11) is 0. The Kier molecular flexibility index (Phi) is 5.24. The van der Waals surface area contributed by atoms with Gasteiger partial charge < -0.3 is 10.1 Å². The maximum Gasteiger partial charge on any atom is 0.230 e. The number of carbonyl (C=O) groups excluding carboxylic acids is 1. The number of fused-ring (bicyclic) bond motifs is 3. The maximum absolute atomic E-state index is 12.2. The maximum atomic E-state index is 12.2. The summed E-state index contributed by atoms with van der Waals surface area (Å²) in [5, 5.41) is 5.17. The van der Waals surface area contributed by atoms with E-state index in [1.165, 1.54) is 22.2 Å². The molecule has 0 aromatic carbocycles. The van der Waals surface area contributed by atoms with Crippen LogP contribution >= 0.6 is 23.1 Å². The van der Waals surface area contributed by atoms with Gasteiger partial charge in [0.05, 0.1) is 11.9 Å². The third-order valence-electron chi connectivity index (χ3n) is 4.78. The van der Waals surface area contributed by atoms with Crippen LogP contribution in [-0.4, -0.2) is 40.9 Å². The molecule has 1 fully saturated rings. The highest BCUT2D eigenvalue weighted by atomic mass is 32.2. The van der Waals surface area contributed by atoms with Gasteiger partial charge in [0, 0.05) is 29.8 Å². The van der Waals surface area contributed by atoms with E-state index in [1.807, 2.05) is 11.3 Å². The van der Waals surface area contributed by atoms with Gasteiger partial charge in [-0.15, -0.1) is 11.3 Å². The Morgan fingerprint density at radius 3 is 3.08 bits per heavy atom. The van der Waals surface area contributed by atoms with Crippen LogP contribution in [-0.2, 0) is 28.8 Å². The molecule has 2 aromatic heterocycles. The van der Waals surface area contributed by atoms with Gasteiger partial charge >= 0.3 is 0 Å². The fourth-order valence-electron chi connectivity index (χ4n) is 3.48. The third-order valence-corrected chi connectivity index (χ3v) is 6.95. The third kappa shape index (κ3) is 3.68. The van der Waals surface area contributed by atoms with Crippen molar-refractivity contribution in [2.45, 2.75) is 56.6 Å². The molecule has 0 radical (unpaired) electrons. The summed E-state index contributed by atoms with van der Waals surface area (Å²) in [5.41, 5.74) is 1.42. The first-order chi connectivity index (χ1) is 12.2. The molecule has 4 rings (SSSR count). The second-order valence-electron chi connectivity index (χ2n) is 6.56. The number of ether oxygens (including phenoxy) is 1. The summed E-state index contributed by atoms with van der Waals surface area (Å²) >= 11 is 3.35. The van der Waals surface area contributed by atoms with E-state index in [1.54, 1.807) is 11.8 Å². The van der Waals surface area contributed by atoms with Crippen molar-refractivity contribution in [3.8, 4) is 0 Å². The zero-order valence-corrected chi connectivity index (χ0v) is 16.1. The summed E-state index contributed by atoms with van der Waals surface area (Å²) in [5.74, 6) is 1.32. The standard InChI is InChI=1S/C18H23N3O2S2/c1-2-14-20-17(16-12-6-3-7-13(12)25-18(16)21-14)24-10-15(22)19-9-11-5-4-8-23-11/h11H,2-10H2,1H3,(H,19,22)/t11-/m0/s1. The van der Waals surface area contributed by atoms with Crippen molar-refractivity contribution < 1.29 is 9.53 Å². The highest BCUT2D eigenvalue weighted by molar-refractivity contribution is 8.00. The van der Waals surface area contributed by atoms with E-state index in [9.17, 15) is 4.79 Å². The number of nitrogens with zero attached hydrogens (tertiary/aromatic N) is 2. The van der Waals surface area contributed by atoms with Crippen LogP contribution in [0.15, 0.2) is 5.03 Å². The first-order valence-electron chi connectivity index (χ1n) is 9.07. The Labute approximate surface area is 156 Å². The molecule has 1 N–H and O–H groups in total. The van der Waals surface area contributed by atoms with Crippen molar-refractivity contribution in [3.05, 3.63) is 16.3 Å². The van der Waals surface area contributed by atoms with Gasteiger partial charge in [-0.05, 0) is 37.7 Å². The van der Waals surface area contributed by atoms with Gasteiger partial charge in [0.15, 0.2) is 0 Å². The van der Waals surface area contributed by atoms with Gasteiger partial charge in [-0.2, -0.15) is 0 Å². The zero-order valence-electron chi connectivity index (χ0n) is 14.5. The lowest BCUT2D eigenvalue weighted by atomic mass is 10.2. The highest BCUT2D eigenvalue weighted by Crippen LogP contribution is 2.40. The highest BCUT2D eigenvalue weighted by Gasteiger charge is 2.23. The number of rotatable bonds is 6. The van der Waals surface area contributed by atoms with Crippen LogP contribution in [0.5, 0.6) is 0 Å². The number of nitrogens with one attached hydrogen (secondary N) is 1. The van der Waals surface area contributed by atoms with Crippen LogP contribution in [0.4, 0.5) is 0 Å². The molecule has 0 bridgehead atoms. The van der Waals surface area contributed by atoms with Gasteiger partial charge in [0.1, 0.15) is 15.7 Å². The minimum absolute atomic E-state index is 0.0529. The number of thiophene rings is 1. The molecule has 1 aliphatic carbocycles. The van der Waals surface area contributed by atoms with E-state index in [-0.39, 0.29) is 12.0 Å². The minimum atomic E-state index is 0.0529. The Morgan fingerprint density at radius 2 is 2.28 bits per heavy atom. The van der Waals surface area contributed by atoms with E-state index < -0.39 is 0 Å². The van der Waals surface area contributed by atoms with Crippen molar-refractivity contribution in [1.82, 2.24) is 15.3 Å². The summed E-state index contributed by atoms with van der Waals surface area (Å²) in [6, 6.07) is 0. The summed E-state index contributed by atoms with van der Waals surface area (Å²) in [6.07, 6.45) is 6.63. The SMILES string of the molecule is CCc1nc(SCC(=O)NC[C@@H]2CCCO2)c2c3c(sc2n1)CCC3. The molecule has 0 unspecified atom stereocenters. The monoisotopic (exact) mass is 377 g/mol. The van der Waals surface area contributed by atoms with Crippen LogP contribution in [0.25, 0.3) is 10.2 Å². The van der Waals surface area contributed by atoms with Gasteiger partial charge in [0.2, 0.25) is 5.91 Å². The fourth-order valence-corrected chi connectivity index (χ4v) is 5.73. The Bertz CT molecular complexity index is 784. The fraction of sp³-hybridized carbons (Fsp3) is 0.611. The topological polar surface area (TPSA) is 64.1 Å². The van der Waals surface area contributed by atoms with Crippen LogP contribution in [0, 0.1) is 0 Å². The molecular weight excluding hydrogens is 354 g/mol. The summed E-state index contributed by atoms with van der Waals surface area (Å²) in [6.45, 7) is 3.51. The van der Waals surface area contributed by atoms with E-state index in [4.69, 9.17) is 14.7 Å². The number of amides is 1. The lowest BCUT2D eigenvalue weighted by molar-refractivity contribution is -0.119. The molecule has 1 amide bonds. The average Bonchev–Trinajstić information content (AvgIpc) is 3.34. The quantitative estimate of drug-likeness (QED) is 0.619. The first kappa shape index (κ1) is 17.2. The molecule has 1 saturated heterocycles.